The van der Waals surface area contributed by atoms with Gasteiger partial charge >= 0.3 is 0 Å². The summed E-state index contributed by atoms with van der Waals surface area (Å²) in [6.07, 6.45) is 3.95. The van der Waals surface area contributed by atoms with Gasteiger partial charge in [0.05, 0.1) is 5.52 Å². The SMILES string of the molecule is CCC(C)(C)NC(=O)C(c1cccnc1)N(C(=O)Cn1nnc2ccccc21)c1ccc(Cl)cc1. The molecule has 8 nitrogen and oxygen atoms in total. The Bertz CT molecular complexity index is 1320. The van der Waals surface area contributed by atoms with Gasteiger partial charge in [0.2, 0.25) is 11.8 Å². The van der Waals surface area contributed by atoms with Crippen molar-refractivity contribution in [2.45, 2.75) is 45.3 Å². The molecule has 1 N–H and O–H groups in total. The predicted octanol–water partition coefficient (Wildman–Crippen LogP) is 4.56. The molecule has 0 aliphatic heterocycles. The van der Waals surface area contributed by atoms with Gasteiger partial charge in [-0.25, -0.2) is 4.68 Å². The molecule has 2 aromatic heterocycles. The predicted molar refractivity (Wildman–Crippen MR) is 136 cm³/mol. The van der Waals surface area contributed by atoms with Crippen LogP contribution in [0.5, 0.6) is 0 Å². The number of anilines is 1. The van der Waals surface area contributed by atoms with Crippen molar-refractivity contribution in [2.24, 2.45) is 0 Å². The summed E-state index contributed by atoms with van der Waals surface area (Å²) in [5, 5.41) is 11.9. The van der Waals surface area contributed by atoms with Crippen molar-refractivity contribution in [1.29, 1.82) is 0 Å². The van der Waals surface area contributed by atoms with E-state index in [-0.39, 0.29) is 18.4 Å². The first-order valence-corrected chi connectivity index (χ1v) is 11.7. The molecule has 0 bridgehead atoms. The van der Waals surface area contributed by atoms with Gasteiger partial charge in [-0.15, -0.1) is 5.10 Å². The minimum absolute atomic E-state index is 0.107. The van der Waals surface area contributed by atoms with Crippen molar-refractivity contribution in [3.05, 3.63) is 83.6 Å². The number of benzene rings is 2. The molecule has 35 heavy (non-hydrogen) atoms. The summed E-state index contributed by atoms with van der Waals surface area (Å²) in [4.78, 5) is 33.3. The molecule has 0 radical (unpaired) electrons. The standard InChI is InChI=1S/C26H27ClN6O2/c1-4-26(2,3)29-25(35)24(18-8-7-15-28-16-18)33(20-13-11-19(27)12-14-20)23(34)17-32-22-10-6-5-9-21(22)30-31-32/h5-16,24H,4,17H2,1-3H3,(H,29,35). The lowest BCUT2D eigenvalue weighted by Gasteiger charge is -2.34. The van der Waals surface area contributed by atoms with Crippen LogP contribution in [0.4, 0.5) is 5.69 Å². The van der Waals surface area contributed by atoms with Crippen LogP contribution in [-0.2, 0) is 16.1 Å². The Kier molecular flexibility index (Phi) is 7.12. The minimum Gasteiger partial charge on any atom is -0.349 e. The number of halogens is 1. The van der Waals surface area contributed by atoms with Crippen LogP contribution in [0.25, 0.3) is 11.0 Å². The van der Waals surface area contributed by atoms with Crippen LogP contribution in [0.15, 0.2) is 73.1 Å². The number of carbonyl (C=O) groups is 2. The highest BCUT2D eigenvalue weighted by Gasteiger charge is 2.35. The third-order valence-corrected chi connectivity index (χ3v) is 6.18. The monoisotopic (exact) mass is 490 g/mol. The first-order chi connectivity index (χ1) is 16.8. The molecule has 2 heterocycles. The van der Waals surface area contributed by atoms with E-state index in [0.29, 0.717) is 21.8 Å². The van der Waals surface area contributed by atoms with E-state index in [0.717, 1.165) is 11.9 Å². The number of rotatable bonds is 8. The van der Waals surface area contributed by atoms with Crippen LogP contribution in [0.2, 0.25) is 5.02 Å². The van der Waals surface area contributed by atoms with Crippen molar-refractivity contribution in [3.63, 3.8) is 0 Å². The summed E-state index contributed by atoms with van der Waals surface area (Å²) in [5.41, 5.74) is 2.07. The van der Waals surface area contributed by atoms with Gasteiger partial charge in [-0.2, -0.15) is 0 Å². The Labute approximate surface area is 208 Å². The lowest BCUT2D eigenvalue weighted by atomic mass is 9.99. The van der Waals surface area contributed by atoms with E-state index in [1.54, 1.807) is 48.8 Å². The lowest BCUT2D eigenvalue weighted by Crippen LogP contribution is -2.51. The molecule has 0 saturated carbocycles. The molecule has 0 aliphatic rings. The van der Waals surface area contributed by atoms with E-state index in [2.05, 4.69) is 20.6 Å². The average Bonchev–Trinajstić information content (AvgIpc) is 3.26. The van der Waals surface area contributed by atoms with Crippen molar-refractivity contribution >= 4 is 40.1 Å². The highest BCUT2D eigenvalue weighted by Crippen LogP contribution is 2.30. The lowest BCUT2D eigenvalue weighted by molar-refractivity contribution is -0.128. The number of fused-ring (bicyclic) bond motifs is 1. The topological polar surface area (TPSA) is 93.0 Å². The highest BCUT2D eigenvalue weighted by molar-refractivity contribution is 6.30. The number of nitrogens with zero attached hydrogens (tertiary/aromatic N) is 5. The summed E-state index contributed by atoms with van der Waals surface area (Å²) >= 11 is 6.13. The van der Waals surface area contributed by atoms with Gasteiger partial charge in [-0.1, -0.05) is 41.9 Å². The van der Waals surface area contributed by atoms with Crippen molar-refractivity contribution in [3.8, 4) is 0 Å². The molecule has 0 aliphatic carbocycles. The summed E-state index contributed by atoms with van der Waals surface area (Å²) < 4.78 is 1.54. The quantitative estimate of drug-likeness (QED) is 0.391. The molecular weight excluding hydrogens is 464 g/mol. The van der Waals surface area contributed by atoms with E-state index in [4.69, 9.17) is 11.6 Å². The Morgan fingerprint density at radius 1 is 1.09 bits per heavy atom. The molecule has 4 aromatic rings. The number of nitrogens with one attached hydrogen (secondary N) is 1. The van der Waals surface area contributed by atoms with Gasteiger partial charge < -0.3 is 5.32 Å². The zero-order chi connectivity index (χ0) is 25.0. The number of aromatic nitrogens is 4. The molecule has 9 heteroatoms. The van der Waals surface area contributed by atoms with Gasteiger partial charge in [0.25, 0.3) is 0 Å². The molecule has 180 valence electrons. The summed E-state index contributed by atoms with van der Waals surface area (Å²) in [7, 11) is 0. The second-order valence-corrected chi connectivity index (χ2v) is 9.33. The molecule has 1 unspecified atom stereocenters. The second kappa shape index (κ2) is 10.2. The van der Waals surface area contributed by atoms with Crippen LogP contribution in [0.3, 0.4) is 0 Å². The third-order valence-electron chi connectivity index (χ3n) is 5.93. The molecule has 0 spiro atoms. The molecule has 0 fully saturated rings. The first-order valence-electron chi connectivity index (χ1n) is 11.4. The maximum atomic E-state index is 13.9. The van der Waals surface area contributed by atoms with Crippen LogP contribution in [0, 0.1) is 0 Å². The summed E-state index contributed by atoms with van der Waals surface area (Å²) in [5.74, 6) is -0.641. The van der Waals surface area contributed by atoms with Crippen LogP contribution >= 0.6 is 11.6 Å². The van der Waals surface area contributed by atoms with E-state index in [1.165, 1.54) is 9.58 Å². The average molecular weight is 491 g/mol. The van der Waals surface area contributed by atoms with Crippen LogP contribution < -0.4 is 10.2 Å². The smallest absolute Gasteiger partial charge is 0.249 e. The molecule has 0 saturated heterocycles. The van der Waals surface area contributed by atoms with Crippen molar-refractivity contribution in [2.75, 3.05) is 4.90 Å². The van der Waals surface area contributed by atoms with E-state index in [9.17, 15) is 9.59 Å². The largest absolute Gasteiger partial charge is 0.349 e. The van der Waals surface area contributed by atoms with E-state index < -0.39 is 11.6 Å². The summed E-state index contributed by atoms with van der Waals surface area (Å²) in [6.45, 7) is 5.78. The molecule has 4 rings (SSSR count). The third kappa shape index (κ3) is 5.49. The first kappa shape index (κ1) is 24.3. The molecular formula is C26H27ClN6O2. The van der Waals surface area contributed by atoms with E-state index >= 15 is 0 Å². The fraction of sp³-hybridized carbons (Fsp3) is 0.269. The Morgan fingerprint density at radius 3 is 2.51 bits per heavy atom. The number of hydrogen-bond acceptors (Lipinski definition) is 5. The molecule has 2 aromatic carbocycles. The van der Waals surface area contributed by atoms with Gasteiger partial charge in [0.15, 0.2) is 0 Å². The molecule has 1 atom stereocenters. The maximum absolute atomic E-state index is 13.9. The number of hydrogen-bond donors (Lipinski definition) is 1. The number of carbonyl (C=O) groups excluding carboxylic acids is 2. The molecule has 2 amide bonds. The Balaban J connectivity index is 1.79. The van der Waals surface area contributed by atoms with Crippen molar-refractivity contribution < 1.29 is 9.59 Å². The Hall–Kier alpha value is -3.78. The number of amides is 2. The fourth-order valence-corrected chi connectivity index (χ4v) is 3.85. The van der Waals surface area contributed by atoms with Gasteiger partial charge in [-0.3, -0.25) is 19.5 Å². The zero-order valence-electron chi connectivity index (χ0n) is 19.9. The van der Waals surface area contributed by atoms with Gasteiger partial charge in [-0.05, 0) is 62.7 Å². The maximum Gasteiger partial charge on any atom is 0.249 e. The van der Waals surface area contributed by atoms with Crippen molar-refractivity contribution in [1.82, 2.24) is 25.3 Å². The van der Waals surface area contributed by atoms with Gasteiger partial charge in [0.1, 0.15) is 18.1 Å². The van der Waals surface area contributed by atoms with E-state index in [1.807, 2.05) is 45.0 Å². The fourth-order valence-electron chi connectivity index (χ4n) is 3.72. The van der Waals surface area contributed by atoms with Gasteiger partial charge in [0, 0.05) is 34.2 Å². The van der Waals surface area contributed by atoms with Crippen LogP contribution in [-0.4, -0.2) is 37.3 Å². The minimum atomic E-state index is -0.960. The number of para-hydroxylation sites is 1. The highest BCUT2D eigenvalue weighted by atomic mass is 35.5. The second-order valence-electron chi connectivity index (χ2n) is 8.89. The summed E-state index contributed by atoms with van der Waals surface area (Å²) in [6, 6.07) is 16.8. The Morgan fingerprint density at radius 2 is 1.83 bits per heavy atom. The van der Waals surface area contributed by atoms with Crippen LogP contribution in [0.1, 0.15) is 38.8 Å². The number of pyridine rings is 1. The zero-order valence-corrected chi connectivity index (χ0v) is 20.6. The normalized spacial score (nSPS) is 12.3.